The molecule has 3 rings (SSSR count). The molecule has 1 fully saturated rings. The number of thioether (sulfide) groups is 1. The van der Waals surface area contributed by atoms with Gasteiger partial charge >= 0.3 is 0 Å². The van der Waals surface area contributed by atoms with Crippen LogP contribution in [-0.2, 0) is 18.3 Å². The van der Waals surface area contributed by atoms with Crippen LogP contribution in [0.2, 0.25) is 0 Å². The van der Waals surface area contributed by atoms with Gasteiger partial charge in [-0.05, 0) is 36.5 Å². The topological polar surface area (TPSA) is 69.0 Å². The molecule has 0 saturated heterocycles. The normalized spacial score (nSPS) is 19.7. The summed E-state index contributed by atoms with van der Waals surface area (Å²) < 4.78 is 7.15. The van der Waals surface area contributed by atoms with E-state index in [2.05, 4.69) is 22.4 Å². The maximum absolute atomic E-state index is 12.3. The number of methoxy groups -OCH3 is 1. The van der Waals surface area contributed by atoms with Gasteiger partial charge in [-0.1, -0.05) is 43.7 Å². The number of nitrogens with zero attached hydrogens (tertiary/aromatic N) is 3. The molecule has 2 aromatic rings. The van der Waals surface area contributed by atoms with Crippen molar-refractivity contribution in [1.29, 1.82) is 0 Å². The van der Waals surface area contributed by atoms with E-state index in [1.165, 1.54) is 31.0 Å². The predicted octanol–water partition coefficient (Wildman–Crippen LogP) is 3.20. The summed E-state index contributed by atoms with van der Waals surface area (Å²) in [5, 5.41) is 12.5. The monoisotopic (exact) mass is 388 g/mol. The highest BCUT2D eigenvalue weighted by atomic mass is 32.2. The smallest absolute Gasteiger partial charge is 0.230 e. The minimum atomic E-state index is 0.0819. The molecule has 1 aromatic heterocycles. The van der Waals surface area contributed by atoms with E-state index >= 15 is 0 Å². The molecule has 1 aliphatic rings. The van der Waals surface area contributed by atoms with Crippen LogP contribution in [0.25, 0.3) is 0 Å². The van der Waals surface area contributed by atoms with Crippen LogP contribution < -0.4 is 10.1 Å². The molecule has 0 radical (unpaired) electrons. The summed E-state index contributed by atoms with van der Waals surface area (Å²) in [6.07, 6.45) is 5.47. The Morgan fingerprint density at radius 1 is 1.26 bits per heavy atom. The zero-order valence-corrected chi connectivity index (χ0v) is 17.1. The van der Waals surface area contributed by atoms with Gasteiger partial charge in [-0.2, -0.15) is 0 Å². The van der Waals surface area contributed by atoms with Crippen molar-refractivity contribution >= 4 is 17.7 Å². The average molecular weight is 389 g/mol. The standard InChI is InChI=1S/C20H28N4O2S/c1-14-6-4-5-7-17(14)21-19(25)13-27-20-23-22-18(24(20)2)12-15-8-10-16(26-3)11-9-15/h8-11,14,17H,4-7,12-13H2,1-3H3,(H,21,25)/t14-,17-/m0/s1. The molecule has 1 heterocycles. The van der Waals surface area contributed by atoms with Crippen molar-refractivity contribution in [2.24, 2.45) is 13.0 Å². The van der Waals surface area contributed by atoms with Crippen LogP contribution in [0, 0.1) is 5.92 Å². The van der Waals surface area contributed by atoms with Crippen molar-refractivity contribution in [3.8, 4) is 5.75 Å². The van der Waals surface area contributed by atoms with E-state index in [0.717, 1.165) is 28.7 Å². The third kappa shape index (κ3) is 5.25. The highest BCUT2D eigenvalue weighted by molar-refractivity contribution is 7.99. The van der Waals surface area contributed by atoms with Crippen molar-refractivity contribution in [3.63, 3.8) is 0 Å². The van der Waals surface area contributed by atoms with Crippen molar-refractivity contribution in [1.82, 2.24) is 20.1 Å². The molecule has 6 nitrogen and oxygen atoms in total. The minimum Gasteiger partial charge on any atom is -0.497 e. The maximum atomic E-state index is 12.3. The summed E-state index contributed by atoms with van der Waals surface area (Å²) >= 11 is 1.44. The molecule has 27 heavy (non-hydrogen) atoms. The van der Waals surface area contributed by atoms with E-state index in [-0.39, 0.29) is 5.91 Å². The van der Waals surface area contributed by atoms with Gasteiger partial charge < -0.3 is 14.6 Å². The van der Waals surface area contributed by atoms with Gasteiger partial charge in [-0.3, -0.25) is 4.79 Å². The van der Waals surface area contributed by atoms with Crippen molar-refractivity contribution in [3.05, 3.63) is 35.7 Å². The second-order valence-corrected chi connectivity index (χ2v) is 8.15. The van der Waals surface area contributed by atoms with Crippen LogP contribution in [-0.4, -0.2) is 39.6 Å². The van der Waals surface area contributed by atoms with Gasteiger partial charge in [0, 0.05) is 19.5 Å². The van der Waals surface area contributed by atoms with Gasteiger partial charge in [0.05, 0.1) is 12.9 Å². The average Bonchev–Trinajstić information content (AvgIpc) is 3.02. The lowest BCUT2D eigenvalue weighted by atomic mass is 9.86. The molecule has 0 spiro atoms. The maximum Gasteiger partial charge on any atom is 0.230 e. The van der Waals surface area contributed by atoms with Gasteiger partial charge in [0.1, 0.15) is 11.6 Å². The first-order valence-electron chi connectivity index (χ1n) is 9.50. The Labute approximate surface area is 165 Å². The lowest BCUT2D eigenvalue weighted by molar-refractivity contribution is -0.119. The quantitative estimate of drug-likeness (QED) is 0.738. The SMILES string of the molecule is COc1ccc(Cc2nnc(SCC(=O)N[C@H]3CCCC[C@@H]3C)n2C)cc1. The zero-order chi connectivity index (χ0) is 19.2. The largest absolute Gasteiger partial charge is 0.497 e. The summed E-state index contributed by atoms with van der Waals surface area (Å²) in [5.74, 6) is 2.74. The number of amides is 1. The van der Waals surface area contributed by atoms with E-state index in [9.17, 15) is 4.79 Å². The summed E-state index contributed by atoms with van der Waals surface area (Å²) in [4.78, 5) is 12.3. The number of carbonyl (C=O) groups excluding carboxylic acids is 1. The number of rotatable bonds is 7. The number of hydrogen-bond donors (Lipinski definition) is 1. The van der Waals surface area contributed by atoms with Crippen LogP contribution >= 0.6 is 11.8 Å². The second kappa shape index (κ2) is 9.26. The second-order valence-electron chi connectivity index (χ2n) is 7.21. The minimum absolute atomic E-state index is 0.0819. The van der Waals surface area contributed by atoms with Crippen molar-refractivity contribution in [2.75, 3.05) is 12.9 Å². The molecule has 1 aliphatic carbocycles. The number of carbonyl (C=O) groups is 1. The van der Waals surface area contributed by atoms with Gasteiger partial charge in [0.25, 0.3) is 0 Å². The summed E-state index contributed by atoms with van der Waals surface area (Å²) in [6.45, 7) is 2.23. The van der Waals surface area contributed by atoms with E-state index in [1.54, 1.807) is 7.11 Å². The Kier molecular flexibility index (Phi) is 6.77. The van der Waals surface area contributed by atoms with Crippen LogP contribution in [0.15, 0.2) is 29.4 Å². The van der Waals surface area contributed by atoms with Crippen LogP contribution in [0.1, 0.15) is 44.0 Å². The van der Waals surface area contributed by atoms with Gasteiger partial charge in [0.15, 0.2) is 5.16 Å². The third-order valence-corrected chi connectivity index (χ3v) is 6.26. The lowest BCUT2D eigenvalue weighted by Crippen LogP contribution is -2.41. The molecular weight excluding hydrogens is 360 g/mol. The van der Waals surface area contributed by atoms with Crippen LogP contribution in [0.5, 0.6) is 5.75 Å². The fraction of sp³-hybridized carbons (Fsp3) is 0.550. The molecule has 0 unspecified atom stereocenters. The van der Waals surface area contributed by atoms with Gasteiger partial charge in [-0.25, -0.2) is 0 Å². The number of ether oxygens (including phenoxy) is 1. The zero-order valence-electron chi connectivity index (χ0n) is 16.3. The Balaban J connectivity index is 1.52. The summed E-state index contributed by atoms with van der Waals surface area (Å²) in [6, 6.07) is 8.26. The molecule has 1 aromatic carbocycles. The lowest BCUT2D eigenvalue weighted by Gasteiger charge is -2.29. The van der Waals surface area contributed by atoms with Crippen LogP contribution in [0.4, 0.5) is 0 Å². The first kappa shape index (κ1) is 19.7. The van der Waals surface area contributed by atoms with Gasteiger partial charge in [-0.15, -0.1) is 10.2 Å². The summed E-state index contributed by atoms with van der Waals surface area (Å²) in [7, 11) is 3.61. The van der Waals surface area contributed by atoms with E-state index in [0.29, 0.717) is 24.1 Å². The highest BCUT2D eigenvalue weighted by Crippen LogP contribution is 2.24. The molecule has 1 N–H and O–H groups in total. The Hall–Kier alpha value is -2.02. The number of nitrogens with one attached hydrogen (secondary N) is 1. The fourth-order valence-corrected chi connectivity index (χ4v) is 4.20. The van der Waals surface area contributed by atoms with E-state index < -0.39 is 0 Å². The van der Waals surface area contributed by atoms with E-state index in [4.69, 9.17) is 4.74 Å². The van der Waals surface area contributed by atoms with E-state index in [1.807, 2.05) is 35.9 Å². The predicted molar refractivity (Wildman–Crippen MR) is 107 cm³/mol. The number of hydrogen-bond acceptors (Lipinski definition) is 5. The van der Waals surface area contributed by atoms with Gasteiger partial charge in [0.2, 0.25) is 5.91 Å². The van der Waals surface area contributed by atoms with Crippen LogP contribution in [0.3, 0.4) is 0 Å². The Bertz CT molecular complexity index is 760. The molecular formula is C20H28N4O2S. The first-order chi connectivity index (χ1) is 13.1. The third-order valence-electron chi connectivity index (χ3n) is 5.24. The molecule has 146 valence electrons. The molecule has 7 heteroatoms. The number of aromatic nitrogens is 3. The molecule has 0 aliphatic heterocycles. The number of benzene rings is 1. The Morgan fingerprint density at radius 3 is 2.70 bits per heavy atom. The molecule has 1 amide bonds. The first-order valence-corrected chi connectivity index (χ1v) is 10.5. The highest BCUT2D eigenvalue weighted by Gasteiger charge is 2.23. The molecule has 2 atom stereocenters. The van der Waals surface area contributed by atoms with Crippen molar-refractivity contribution in [2.45, 2.75) is 50.2 Å². The fourth-order valence-electron chi connectivity index (χ4n) is 3.46. The van der Waals surface area contributed by atoms with Crippen molar-refractivity contribution < 1.29 is 9.53 Å². The molecule has 0 bridgehead atoms. The Morgan fingerprint density at radius 2 is 2.00 bits per heavy atom. The molecule has 1 saturated carbocycles. The summed E-state index contributed by atoms with van der Waals surface area (Å²) in [5.41, 5.74) is 1.15.